The maximum Gasteiger partial charge on any atom is 0.220 e. The molecule has 0 saturated carbocycles. The fourth-order valence-corrected chi connectivity index (χ4v) is 7.54. The van der Waals surface area contributed by atoms with Gasteiger partial charge >= 0.3 is 0 Å². The average Bonchev–Trinajstić information content (AvgIpc) is 3.22. The number of carbonyl (C=O) groups excluding carboxylic acids is 1. The molecule has 58 heavy (non-hydrogen) atoms. The van der Waals surface area contributed by atoms with E-state index in [0.717, 1.165) is 44.9 Å². The molecule has 340 valence electrons. The van der Waals surface area contributed by atoms with E-state index < -0.39 is 49.5 Å². The number of hydrogen-bond acceptors (Lipinski definition) is 8. The zero-order valence-corrected chi connectivity index (χ0v) is 37.3. The maximum absolute atomic E-state index is 12.9. The molecular weight excluding hydrogens is 731 g/mol. The second kappa shape index (κ2) is 39.5. The van der Waals surface area contributed by atoms with Crippen molar-refractivity contribution >= 4 is 5.91 Å². The Morgan fingerprint density at radius 2 is 0.983 bits per heavy atom. The lowest BCUT2D eigenvalue weighted by atomic mass is 9.99. The number of unbranched alkanes of at least 4 members (excludes halogenated alkanes) is 26. The van der Waals surface area contributed by atoms with Gasteiger partial charge in [-0.05, 0) is 44.9 Å². The molecule has 1 aliphatic rings. The Kier molecular flexibility index (Phi) is 37.1. The summed E-state index contributed by atoms with van der Waals surface area (Å²) >= 11 is 0. The Balaban J connectivity index is 2.36. The second-order valence-electron chi connectivity index (χ2n) is 16.9. The summed E-state index contributed by atoms with van der Waals surface area (Å²) in [7, 11) is 0. The van der Waals surface area contributed by atoms with Crippen molar-refractivity contribution < 1.29 is 39.8 Å². The van der Waals surface area contributed by atoms with Gasteiger partial charge in [-0.2, -0.15) is 0 Å². The van der Waals surface area contributed by atoms with E-state index >= 15 is 0 Å². The SMILES string of the molecule is CCCCCCCCCCCCC/C=C/CC/C=C/CC/C=C/C(O)C(COC1OC(CO)C(O)C(O)C1O)NC(=O)CCCCCCCCCCCCCCCC. The minimum Gasteiger partial charge on any atom is -0.394 e. The summed E-state index contributed by atoms with van der Waals surface area (Å²) in [5.74, 6) is -0.190. The van der Waals surface area contributed by atoms with E-state index in [1.54, 1.807) is 6.08 Å². The van der Waals surface area contributed by atoms with Crippen molar-refractivity contribution in [2.24, 2.45) is 0 Å². The van der Waals surface area contributed by atoms with Gasteiger partial charge in [-0.3, -0.25) is 4.79 Å². The molecule has 1 saturated heterocycles. The fraction of sp³-hybridized carbons (Fsp3) is 0.857. The van der Waals surface area contributed by atoms with E-state index in [1.807, 2.05) is 6.08 Å². The molecule has 0 radical (unpaired) electrons. The summed E-state index contributed by atoms with van der Waals surface area (Å²) in [6.45, 7) is 3.75. The Labute approximate surface area is 355 Å². The van der Waals surface area contributed by atoms with E-state index in [9.17, 15) is 30.3 Å². The molecule has 1 aliphatic heterocycles. The first-order valence-electron chi connectivity index (χ1n) is 24.2. The summed E-state index contributed by atoms with van der Waals surface area (Å²) in [5.41, 5.74) is 0. The third-order valence-electron chi connectivity index (χ3n) is 11.4. The number of aliphatic hydroxyl groups excluding tert-OH is 5. The molecule has 0 aromatic heterocycles. The molecule has 9 heteroatoms. The first-order valence-corrected chi connectivity index (χ1v) is 24.2. The van der Waals surface area contributed by atoms with Crippen LogP contribution < -0.4 is 5.32 Å². The van der Waals surface area contributed by atoms with Crippen molar-refractivity contribution in [1.82, 2.24) is 5.32 Å². The quantitative estimate of drug-likeness (QED) is 0.0264. The van der Waals surface area contributed by atoms with Crippen LogP contribution in [0.2, 0.25) is 0 Å². The van der Waals surface area contributed by atoms with Crippen LogP contribution in [0.15, 0.2) is 36.5 Å². The summed E-state index contributed by atoms with van der Waals surface area (Å²) in [6.07, 6.45) is 41.9. The highest BCUT2D eigenvalue weighted by atomic mass is 16.7. The molecule has 0 spiro atoms. The summed E-state index contributed by atoms with van der Waals surface area (Å²) in [4.78, 5) is 12.9. The van der Waals surface area contributed by atoms with Gasteiger partial charge in [0.2, 0.25) is 5.91 Å². The van der Waals surface area contributed by atoms with Crippen LogP contribution in [0.3, 0.4) is 0 Å². The van der Waals surface area contributed by atoms with Crippen molar-refractivity contribution in [3.8, 4) is 0 Å². The van der Waals surface area contributed by atoms with Gasteiger partial charge in [0, 0.05) is 6.42 Å². The number of hydrogen-bond donors (Lipinski definition) is 6. The Bertz CT molecular complexity index is 1000. The average molecular weight is 822 g/mol. The van der Waals surface area contributed by atoms with Crippen LogP contribution in [-0.2, 0) is 14.3 Å². The largest absolute Gasteiger partial charge is 0.394 e. The van der Waals surface area contributed by atoms with E-state index in [0.29, 0.717) is 6.42 Å². The molecule has 0 aromatic rings. The van der Waals surface area contributed by atoms with Gasteiger partial charge in [-0.25, -0.2) is 0 Å². The third-order valence-corrected chi connectivity index (χ3v) is 11.4. The summed E-state index contributed by atoms with van der Waals surface area (Å²) in [5, 5.41) is 54.2. The van der Waals surface area contributed by atoms with Crippen LogP contribution in [0.25, 0.3) is 0 Å². The molecule has 7 unspecified atom stereocenters. The molecule has 0 bridgehead atoms. The lowest BCUT2D eigenvalue weighted by Crippen LogP contribution is -2.60. The standard InChI is InChI=1S/C49H91NO8/c1-3-5-7-9-11-13-15-17-19-20-21-22-23-24-25-26-28-30-32-34-36-38-43(52)42(41-57-49-48(56)47(55)46(54)44(40-51)58-49)50-45(53)39-37-35-33-31-29-27-18-16-14-12-10-8-6-4-2/h23-24,28,30,36,38,42-44,46-49,51-52,54-56H,3-22,25-27,29,31-35,37,39-41H2,1-2H3,(H,50,53)/b24-23+,30-28+,38-36+. The van der Waals surface area contributed by atoms with E-state index in [4.69, 9.17) is 9.47 Å². The Morgan fingerprint density at radius 3 is 1.45 bits per heavy atom. The topological polar surface area (TPSA) is 149 Å². The molecule has 6 N–H and O–H groups in total. The first-order chi connectivity index (χ1) is 28.3. The molecule has 1 rings (SSSR count). The monoisotopic (exact) mass is 822 g/mol. The number of aliphatic hydroxyl groups is 5. The van der Waals surface area contributed by atoms with Gasteiger partial charge in [-0.15, -0.1) is 0 Å². The van der Waals surface area contributed by atoms with Crippen LogP contribution in [0, 0.1) is 0 Å². The highest BCUT2D eigenvalue weighted by molar-refractivity contribution is 5.76. The molecule has 0 aliphatic carbocycles. The Hall–Kier alpha value is -1.59. The molecule has 9 nitrogen and oxygen atoms in total. The number of rotatable bonds is 40. The van der Waals surface area contributed by atoms with Gasteiger partial charge in [0.25, 0.3) is 0 Å². The van der Waals surface area contributed by atoms with Crippen LogP contribution in [-0.4, -0.2) is 87.5 Å². The zero-order chi connectivity index (χ0) is 42.3. The maximum atomic E-state index is 12.9. The van der Waals surface area contributed by atoms with Gasteiger partial charge in [0.15, 0.2) is 6.29 Å². The van der Waals surface area contributed by atoms with Gasteiger partial charge in [-0.1, -0.05) is 198 Å². The normalized spacial score (nSPS) is 21.1. The van der Waals surface area contributed by atoms with Crippen molar-refractivity contribution in [1.29, 1.82) is 0 Å². The smallest absolute Gasteiger partial charge is 0.220 e. The highest BCUT2D eigenvalue weighted by Crippen LogP contribution is 2.22. The zero-order valence-electron chi connectivity index (χ0n) is 37.3. The number of nitrogens with one attached hydrogen (secondary N) is 1. The van der Waals surface area contributed by atoms with Crippen molar-refractivity contribution in [3.05, 3.63) is 36.5 Å². The minimum absolute atomic E-state index is 0.190. The fourth-order valence-electron chi connectivity index (χ4n) is 7.54. The van der Waals surface area contributed by atoms with Gasteiger partial charge in [0.1, 0.15) is 24.4 Å². The number of ether oxygens (including phenoxy) is 2. The van der Waals surface area contributed by atoms with Crippen molar-refractivity contribution in [2.75, 3.05) is 13.2 Å². The number of allylic oxidation sites excluding steroid dienone is 5. The molecule has 0 aromatic carbocycles. The first kappa shape index (κ1) is 54.4. The van der Waals surface area contributed by atoms with Crippen LogP contribution >= 0.6 is 0 Å². The van der Waals surface area contributed by atoms with E-state index in [-0.39, 0.29) is 12.5 Å². The Morgan fingerprint density at radius 1 is 0.569 bits per heavy atom. The molecule has 1 heterocycles. The van der Waals surface area contributed by atoms with Crippen LogP contribution in [0.4, 0.5) is 0 Å². The van der Waals surface area contributed by atoms with Crippen LogP contribution in [0.1, 0.15) is 213 Å². The predicted molar refractivity (Wildman–Crippen MR) is 240 cm³/mol. The number of carbonyl (C=O) groups is 1. The molecule has 7 atom stereocenters. The summed E-state index contributed by atoms with van der Waals surface area (Å²) in [6, 6.07) is -0.824. The minimum atomic E-state index is -1.57. The number of amides is 1. The third kappa shape index (κ3) is 29.6. The summed E-state index contributed by atoms with van der Waals surface area (Å²) < 4.78 is 11.2. The van der Waals surface area contributed by atoms with Gasteiger partial charge in [0.05, 0.1) is 25.4 Å². The molecule has 1 amide bonds. The lowest BCUT2D eigenvalue weighted by Gasteiger charge is -2.40. The van der Waals surface area contributed by atoms with Crippen molar-refractivity contribution in [2.45, 2.75) is 256 Å². The van der Waals surface area contributed by atoms with E-state index in [2.05, 4.69) is 43.5 Å². The molecular formula is C49H91NO8. The van der Waals surface area contributed by atoms with Gasteiger partial charge < -0.3 is 40.3 Å². The van der Waals surface area contributed by atoms with Crippen molar-refractivity contribution in [3.63, 3.8) is 0 Å². The second-order valence-corrected chi connectivity index (χ2v) is 16.9. The molecule has 1 fully saturated rings. The predicted octanol–water partition coefficient (Wildman–Crippen LogP) is 10.5. The lowest BCUT2D eigenvalue weighted by molar-refractivity contribution is -0.302. The van der Waals surface area contributed by atoms with Crippen LogP contribution in [0.5, 0.6) is 0 Å². The van der Waals surface area contributed by atoms with E-state index in [1.165, 1.54) is 148 Å². The highest BCUT2D eigenvalue weighted by Gasteiger charge is 2.44.